The van der Waals surface area contributed by atoms with Gasteiger partial charge in [-0.15, -0.1) is 0 Å². The number of carbonyl (C=O) groups is 1. The van der Waals surface area contributed by atoms with Gasteiger partial charge in [0.15, 0.2) is 5.76 Å². The molecule has 0 atom stereocenters. The van der Waals surface area contributed by atoms with E-state index in [9.17, 15) is 4.79 Å². The van der Waals surface area contributed by atoms with Crippen LogP contribution in [0.4, 0.5) is 5.69 Å². The Morgan fingerprint density at radius 3 is 2.52 bits per heavy atom. The summed E-state index contributed by atoms with van der Waals surface area (Å²) >= 11 is 11.8. The van der Waals surface area contributed by atoms with E-state index in [0.717, 1.165) is 0 Å². The van der Waals surface area contributed by atoms with Crippen LogP contribution in [-0.4, -0.2) is 18.0 Å². The summed E-state index contributed by atoms with van der Waals surface area (Å²) in [7, 11) is 1.51. The molecular formula is C17H12Cl2N2O4. The molecule has 2 aromatic heterocycles. The van der Waals surface area contributed by atoms with Crippen molar-refractivity contribution in [2.75, 3.05) is 12.4 Å². The number of aromatic nitrogens is 1. The molecule has 0 radical (unpaired) electrons. The number of amides is 1. The number of carbonyl (C=O) groups excluding carboxylic acids is 1. The quantitative estimate of drug-likeness (QED) is 0.673. The van der Waals surface area contributed by atoms with Crippen molar-refractivity contribution >= 4 is 34.8 Å². The fourth-order valence-corrected chi connectivity index (χ4v) is 2.47. The zero-order chi connectivity index (χ0) is 17.8. The number of anilines is 1. The lowest BCUT2D eigenvalue weighted by molar-refractivity contribution is 0.0991. The van der Waals surface area contributed by atoms with Crippen molar-refractivity contribution in [2.45, 2.75) is 0 Å². The molecule has 0 spiro atoms. The number of nitrogens with one attached hydrogen (secondary N) is 1. The van der Waals surface area contributed by atoms with Crippen molar-refractivity contribution in [3.8, 4) is 17.6 Å². The van der Waals surface area contributed by atoms with Gasteiger partial charge in [-0.25, -0.2) is 4.98 Å². The van der Waals surface area contributed by atoms with Crippen LogP contribution in [0.3, 0.4) is 0 Å². The maximum Gasteiger partial charge on any atom is 0.291 e. The number of methoxy groups -OCH3 is 1. The van der Waals surface area contributed by atoms with Crippen molar-refractivity contribution < 1.29 is 18.7 Å². The van der Waals surface area contributed by atoms with Gasteiger partial charge in [0.25, 0.3) is 11.9 Å². The minimum Gasteiger partial charge on any atom is -0.481 e. The molecule has 3 aromatic rings. The molecule has 8 heteroatoms. The Morgan fingerprint density at radius 1 is 1.12 bits per heavy atom. The van der Waals surface area contributed by atoms with Crippen molar-refractivity contribution in [3.63, 3.8) is 0 Å². The number of benzene rings is 1. The lowest BCUT2D eigenvalue weighted by Crippen LogP contribution is -2.10. The number of nitrogens with zero attached hydrogens (tertiary/aromatic N) is 1. The number of hydrogen-bond acceptors (Lipinski definition) is 5. The van der Waals surface area contributed by atoms with Crippen molar-refractivity contribution in [1.82, 2.24) is 4.98 Å². The van der Waals surface area contributed by atoms with Gasteiger partial charge in [0.2, 0.25) is 5.88 Å². The molecule has 6 nitrogen and oxygen atoms in total. The largest absolute Gasteiger partial charge is 0.481 e. The van der Waals surface area contributed by atoms with Crippen LogP contribution in [0.1, 0.15) is 10.6 Å². The Bertz CT molecular complexity index is 874. The van der Waals surface area contributed by atoms with Gasteiger partial charge in [-0.05, 0) is 30.3 Å². The van der Waals surface area contributed by atoms with E-state index in [4.69, 9.17) is 37.1 Å². The monoisotopic (exact) mass is 378 g/mol. The molecule has 1 amide bonds. The van der Waals surface area contributed by atoms with Gasteiger partial charge in [-0.3, -0.25) is 4.79 Å². The molecule has 25 heavy (non-hydrogen) atoms. The van der Waals surface area contributed by atoms with Crippen LogP contribution in [0, 0.1) is 0 Å². The lowest BCUT2D eigenvalue weighted by atomic mass is 10.3. The van der Waals surface area contributed by atoms with Gasteiger partial charge in [0, 0.05) is 22.2 Å². The van der Waals surface area contributed by atoms with Gasteiger partial charge in [0.05, 0.1) is 19.0 Å². The van der Waals surface area contributed by atoms with E-state index in [1.807, 2.05) is 0 Å². The smallest absolute Gasteiger partial charge is 0.291 e. The van der Waals surface area contributed by atoms with Crippen molar-refractivity contribution in [1.29, 1.82) is 0 Å². The normalized spacial score (nSPS) is 10.4. The first kappa shape index (κ1) is 17.1. The summed E-state index contributed by atoms with van der Waals surface area (Å²) < 4.78 is 15.8. The summed E-state index contributed by atoms with van der Waals surface area (Å²) in [6, 6.07) is 11.1. The average molecular weight is 379 g/mol. The standard InChI is InChI=1S/C17H12Cl2N2O4/c1-23-15-4-2-12(9-20-15)21-17(22)14-3-5-16(25-14)24-13-7-10(18)6-11(19)8-13/h2-9H,1H3,(H,21,22). The third-order valence-corrected chi connectivity index (χ3v) is 3.50. The molecular weight excluding hydrogens is 367 g/mol. The summed E-state index contributed by atoms with van der Waals surface area (Å²) in [4.78, 5) is 16.2. The summed E-state index contributed by atoms with van der Waals surface area (Å²) in [5.41, 5.74) is 0.506. The predicted octanol–water partition coefficient (Wildman–Crippen LogP) is 5.03. The maximum atomic E-state index is 12.2. The Labute approximate surface area is 153 Å². The van der Waals surface area contributed by atoms with E-state index >= 15 is 0 Å². The molecule has 0 saturated heterocycles. The molecule has 0 aliphatic rings. The van der Waals surface area contributed by atoms with E-state index in [0.29, 0.717) is 27.4 Å². The summed E-state index contributed by atoms with van der Waals surface area (Å²) in [6.07, 6.45) is 1.48. The zero-order valence-electron chi connectivity index (χ0n) is 13.0. The van der Waals surface area contributed by atoms with E-state index in [1.165, 1.54) is 25.4 Å². The molecule has 1 N–H and O–H groups in total. The molecule has 0 saturated carbocycles. The van der Waals surface area contributed by atoms with Gasteiger partial charge < -0.3 is 19.2 Å². The highest BCUT2D eigenvalue weighted by atomic mass is 35.5. The minimum atomic E-state index is -0.439. The number of rotatable bonds is 5. The Balaban J connectivity index is 1.68. The molecule has 0 fully saturated rings. The van der Waals surface area contributed by atoms with Crippen LogP contribution >= 0.6 is 23.2 Å². The first-order valence-electron chi connectivity index (χ1n) is 7.08. The second-order valence-corrected chi connectivity index (χ2v) is 5.74. The summed E-state index contributed by atoms with van der Waals surface area (Å²) in [5, 5.41) is 3.52. The van der Waals surface area contributed by atoms with Crippen LogP contribution in [0.25, 0.3) is 0 Å². The third-order valence-electron chi connectivity index (χ3n) is 3.06. The second-order valence-electron chi connectivity index (χ2n) is 4.87. The first-order valence-corrected chi connectivity index (χ1v) is 7.84. The number of ether oxygens (including phenoxy) is 2. The lowest BCUT2D eigenvalue weighted by Gasteiger charge is -2.04. The highest BCUT2D eigenvalue weighted by Crippen LogP contribution is 2.29. The number of hydrogen-bond donors (Lipinski definition) is 1. The van der Waals surface area contributed by atoms with Gasteiger partial charge in [0.1, 0.15) is 5.75 Å². The Kier molecular flexibility index (Phi) is 5.11. The third kappa shape index (κ3) is 4.43. The Morgan fingerprint density at radius 2 is 1.88 bits per heavy atom. The molecule has 1 aromatic carbocycles. The van der Waals surface area contributed by atoms with Crippen molar-refractivity contribution in [3.05, 3.63) is 64.5 Å². The van der Waals surface area contributed by atoms with Crippen LogP contribution in [0.5, 0.6) is 17.6 Å². The molecule has 3 rings (SSSR count). The van der Waals surface area contributed by atoms with Crippen LogP contribution < -0.4 is 14.8 Å². The minimum absolute atomic E-state index is 0.0824. The fraction of sp³-hybridized carbons (Fsp3) is 0.0588. The Hall–Kier alpha value is -2.70. The van der Waals surface area contributed by atoms with E-state index in [2.05, 4.69) is 10.3 Å². The van der Waals surface area contributed by atoms with Gasteiger partial charge in [-0.2, -0.15) is 0 Å². The van der Waals surface area contributed by atoms with Gasteiger partial charge >= 0.3 is 0 Å². The van der Waals surface area contributed by atoms with E-state index < -0.39 is 5.91 Å². The average Bonchev–Trinajstić information content (AvgIpc) is 3.03. The van der Waals surface area contributed by atoms with Crippen LogP contribution in [-0.2, 0) is 0 Å². The SMILES string of the molecule is COc1ccc(NC(=O)c2ccc(Oc3cc(Cl)cc(Cl)c3)o2)cn1. The van der Waals surface area contributed by atoms with Crippen LogP contribution in [0.2, 0.25) is 10.0 Å². The summed E-state index contributed by atoms with van der Waals surface area (Å²) in [5.74, 6) is 0.631. The highest BCUT2D eigenvalue weighted by molar-refractivity contribution is 6.34. The van der Waals surface area contributed by atoms with Gasteiger partial charge in [-0.1, -0.05) is 23.2 Å². The molecule has 0 bridgehead atoms. The topological polar surface area (TPSA) is 73.6 Å². The molecule has 2 heterocycles. The van der Waals surface area contributed by atoms with Crippen molar-refractivity contribution in [2.24, 2.45) is 0 Å². The maximum absolute atomic E-state index is 12.2. The molecule has 0 aliphatic carbocycles. The zero-order valence-corrected chi connectivity index (χ0v) is 14.5. The van der Waals surface area contributed by atoms with E-state index in [-0.39, 0.29) is 11.7 Å². The molecule has 0 unspecified atom stereocenters. The molecule has 128 valence electrons. The number of pyridine rings is 1. The van der Waals surface area contributed by atoms with E-state index in [1.54, 1.807) is 30.3 Å². The van der Waals surface area contributed by atoms with Crippen LogP contribution in [0.15, 0.2) is 53.1 Å². The summed E-state index contributed by atoms with van der Waals surface area (Å²) in [6.45, 7) is 0. The molecule has 0 aliphatic heterocycles. The fourth-order valence-electron chi connectivity index (χ4n) is 1.97. The number of furan rings is 1. The predicted molar refractivity (Wildman–Crippen MR) is 94.0 cm³/mol. The first-order chi connectivity index (χ1) is 12.0. The second kappa shape index (κ2) is 7.46. The highest BCUT2D eigenvalue weighted by Gasteiger charge is 2.13. The number of halogens is 2.